The molecule has 1 atom stereocenters. The van der Waals surface area contributed by atoms with E-state index in [1.165, 1.54) is 10.6 Å². The maximum atomic E-state index is 12.4. The Labute approximate surface area is 165 Å². The van der Waals surface area contributed by atoms with Crippen LogP contribution >= 0.6 is 11.6 Å². The van der Waals surface area contributed by atoms with E-state index in [0.29, 0.717) is 11.6 Å². The lowest BCUT2D eigenvalue weighted by molar-refractivity contribution is -0.892. The van der Waals surface area contributed by atoms with Crippen molar-refractivity contribution in [3.05, 3.63) is 59.1 Å². The molecule has 1 fully saturated rings. The average molecular weight is 389 g/mol. The first-order chi connectivity index (χ1) is 13.0. The molecule has 0 radical (unpaired) electrons. The predicted molar refractivity (Wildman–Crippen MR) is 109 cm³/mol. The first-order valence-corrected chi connectivity index (χ1v) is 9.70. The van der Waals surface area contributed by atoms with Gasteiger partial charge in [-0.3, -0.25) is 4.79 Å². The summed E-state index contributed by atoms with van der Waals surface area (Å²) in [6, 6.07) is 15.7. The second-order valence-electron chi connectivity index (χ2n) is 6.96. The molecule has 1 amide bonds. The van der Waals surface area contributed by atoms with E-state index in [-0.39, 0.29) is 11.9 Å². The molecule has 1 aliphatic heterocycles. The summed E-state index contributed by atoms with van der Waals surface area (Å²) in [6.45, 7) is 6.26. The molecule has 1 heterocycles. The highest BCUT2D eigenvalue weighted by atomic mass is 35.5. The van der Waals surface area contributed by atoms with E-state index in [9.17, 15) is 4.79 Å². The van der Waals surface area contributed by atoms with Crippen LogP contribution in [0.4, 0.5) is 5.69 Å². The number of methoxy groups -OCH3 is 1. The molecule has 144 valence electrons. The van der Waals surface area contributed by atoms with Gasteiger partial charge in [0.1, 0.15) is 5.75 Å². The van der Waals surface area contributed by atoms with Gasteiger partial charge in [-0.1, -0.05) is 29.8 Å². The molecule has 3 rings (SSSR count). The van der Waals surface area contributed by atoms with Gasteiger partial charge in [0.2, 0.25) is 0 Å². The van der Waals surface area contributed by atoms with Crippen LogP contribution in [0.15, 0.2) is 48.5 Å². The number of halogens is 1. The highest BCUT2D eigenvalue weighted by Crippen LogP contribution is 2.20. The Bertz CT molecular complexity index is 758. The molecule has 2 aromatic rings. The summed E-state index contributed by atoms with van der Waals surface area (Å²) >= 11 is 5.92. The van der Waals surface area contributed by atoms with Crippen molar-refractivity contribution < 1.29 is 14.4 Å². The summed E-state index contributed by atoms with van der Waals surface area (Å²) in [5, 5.41) is 3.79. The van der Waals surface area contributed by atoms with Gasteiger partial charge < -0.3 is 19.9 Å². The molecule has 0 unspecified atom stereocenters. The van der Waals surface area contributed by atoms with Crippen LogP contribution in [0.1, 0.15) is 18.5 Å². The van der Waals surface area contributed by atoms with Crippen LogP contribution in [0.25, 0.3) is 0 Å². The van der Waals surface area contributed by atoms with Crippen LogP contribution in [0.5, 0.6) is 5.75 Å². The molecule has 0 spiro atoms. The fourth-order valence-electron chi connectivity index (χ4n) is 3.42. The van der Waals surface area contributed by atoms with E-state index in [1.807, 2.05) is 43.3 Å². The highest BCUT2D eigenvalue weighted by Gasteiger charge is 2.23. The predicted octanol–water partition coefficient (Wildman–Crippen LogP) is 1.93. The first-order valence-electron chi connectivity index (χ1n) is 9.32. The van der Waals surface area contributed by atoms with Gasteiger partial charge in [-0.25, -0.2) is 0 Å². The topological polar surface area (TPSA) is 46.0 Å². The van der Waals surface area contributed by atoms with Crippen LogP contribution in [-0.4, -0.2) is 45.7 Å². The lowest BCUT2D eigenvalue weighted by Gasteiger charge is -2.33. The Kier molecular flexibility index (Phi) is 6.58. The lowest BCUT2D eigenvalue weighted by atomic mass is 10.1. The van der Waals surface area contributed by atoms with Crippen molar-refractivity contribution >= 4 is 23.2 Å². The van der Waals surface area contributed by atoms with Gasteiger partial charge in [0.15, 0.2) is 6.54 Å². The molecule has 0 aromatic heterocycles. The molecule has 27 heavy (non-hydrogen) atoms. The maximum absolute atomic E-state index is 12.4. The van der Waals surface area contributed by atoms with Crippen LogP contribution < -0.4 is 19.9 Å². The number of hydrogen-bond acceptors (Lipinski definition) is 3. The number of anilines is 1. The number of amides is 1. The lowest BCUT2D eigenvalue weighted by Crippen LogP contribution is -3.15. The quantitative estimate of drug-likeness (QED) is 0.795. The average Bonchev–Trinajstić information content (AvgIpc) is 2.69. The van der Waals surface area contributed by atoms with Gasteiger partial charge in [-0.15, -0.1) is 0 Å². The van der Waals surface area contributed by atoms with Crippen LogP contribution in [-0.2, 0) is 4.79 Å². The SMILES string of the molecule is COc1cccc(N2CC[NH+](CC(=O)N[C@@H](C)c3ccc(Cl)cc3)CC2)c1. The molecular weight excluding hydrogens is 362 g/mol. The van der Waals surface area contributed by atoms with Crippen molar-refractivity contribution in [2.24, 2.45) is 0 Å². The summed E-state index contributed by atoms with van der Waals surface area (Å²) in [7, 11) is 1.69. The number of benzene rings is 2. The fourth-order valence-corrected chi connectivity index (χ4v) is 3.55. The first kappa shape index (κ1) is 19.5. The molecule has 1 saturated heterocycles. The van der Waals surface area contributed by atoms with Crippen molar-refractivity contribution in [3.8, 4) is 5.75 Å². The Morgan fingerprint density at radius 3 is 2.59 bits per heavy atom. The van der Waals surface area contributed by atoms with Gasteiger partial charge in [0.25, 0.3) is 5.91 Å². The third kappa shape index (κ3) is 5.37. The van der Waals surface area contributed by atoms with E-state index >= 15 is 0 Å². The van der Waals surface area contributed by atoms with Crippen molar-refractivity contribution in [2.45, 2.75) is 13.0 Å². The summed E-state index contributed by atoms with van der Waals surface area (Å²) in [5.74, 6) is 0.958. The van der Waals surface area contributed by atoms with Crippen molar-refractivity contribution in [3.63, 3.8) is 0 Å². The fraction of sp³-hybridized carbons (Fsp3) is 0.381. The number of rotatable bonds is 6. The zero-order valence-electron chi connectivity index (χ0n) is 15.9. The van der Waals surface area contributed by atoms with E-state index in [2.05, 4.69) is 22.3 Å². The standard InChI is InChI=1S/C21H26ClN3O2/c1-16(17-6-8-18(22)9-7-17)23-21(26)15-24-10-12-25(13-11-24)19-4-3-5-20(14-19)27-2/h3-9,14,16H,10-13,15H2,1-2H3,(H,23,26)/p+1/t16-/m0/s1. The summed E-state index contributed by atoms with van der Waals surface area (Å²) in [4.78, 5) is 16.1. The van der Waals surface area contributed by atoms with Gasteiger partial charge in [0, 0.05) is 16.8 Å². The summed E-state index contributed by atoms with van der Waals surface area (Å²) in [6.07, 6.45) is 0. The van der Waals surface area contributed by atoms with E-state index in [1.54, 1.807) is 7.11 Å². The second-order valence-corrected chi connectivity index (χ2v) is 7.39. The van der Waals surface area contributed by atoms with Crippen LogP contribution in [0.2, 0.25) is 5.02 Å². The normalized spacial score (nSPS) is 16.0. The monoisotopic (exact) mass is 388 g/mol. The Hall–Kier alpha value is -2.24. The Morgan fingerprint density at radius 2 is 1.93 bits per heavy atom. The zero-order chi connectivity index (χ0) is 19.2. The molecule has 2 aromatic carbocycles. The molecule has 1 aliphatic rings. The Morgan fingerprint density at radius 1 is 1.22 bits per heavy atom. The number of hydrogen-bond donors (Lipinski definition) is 2. The largest absolute Gasteiger partial charge is 0.497 e. The minimum atomic E-state index is -0.0211. The highest BCUT2D eigenvalue weighted by molar-refractivity contribution is 6.30. The van der Waals surface area contributed by atoms with E-state index in [0.717, 1.165) is 37.5 Å². The van der Waals surface area contributed by atoms with Gasteiger partial charge in [0.05, 0.1) is 39.3 Å². The zero-order valence-corrected chi connectivity index (χ0v) is 16.6. The van der Waals surface area contributed by atoms with E-state index in [4.69, 9.17) is 16.3 Å². The Balaban J connectivity index is 1.47. The molecule has 2 N–H and O–H groups in total. The molecule has 0 bridgehead atoms. The summed E-state index contributed by atoms with van der Waals surface area (Å²) in [5.41, 5.74) is 2.24. The number of quaternary nitrogens is 1. The maximum Gasteiger partial charge on any atom is 0.275 e. The van der Waals surface area contributed by atoms with Crippen molar-refractivity contribution in [2.75, 3.05) is 44.7 Å². The van der Waals surface area contributed by atoms with E-state index < -0.39 is 0 Å². The number of ether oxygens (including phenoxy) is 1. The van der Waals surface area contributed by atoms with Crippen LogP contribution in [0, 0.1) is 0 Å². The van der Waals surface area contributed by atoms with Crippen molar-refractivity contribution in [1.29, 1.82) is 0 Å². The van der Waals surface area contributed by atoms with Crippen molar-refractivity contribution in [1.82, 2.24) is 5.32 Å². The van der Waals surface area contributed by atoms with Gasteiger partial charge in [-0.2, -0.15) is 0 Å². The molecule has 0 saturated carbocycles. The summed E-state index contributed by atoms with van der Waals surface area (Å²) < 4.78 is 5.31. The molecule has 0 aliphatic carbocycles. The third-order valence-electron chi connectivity index (χ3n) is 5.05. The number of nitrogens with one attached hydrogen (secondary N) is 2. The number of nitrogens with zero attached hydrogens (tertiary/aromatic N) is 1. The van der Waals surface area contributed by atoms with Gasteiger partial charge >= 0.3 is 0 Å². The number of piperazine rings is 1. The number of carbonyl (C=O) groups is 1. The minimum absolute atomic E-state index is 0.0211. The minimum Gasteiger partial charge on any atom is -0.497 e. The smallest absolute Gasteiger partial charge is 0.275 e. The molecular formula is C21H27ClN3O2+. The third-order valence-corrected chi connectivity index (χ3v) is 5.30. The van der Waals surface area contributed by atoms with Crippen LogP contribution in [0.3, 0.4) is 0 Å². The molecule has 5 nitrogen and oxygen atoms in total. The van der Waals surface area contributed by atoms with Gasteiger partial charge in [-0.05, 0) is 36.8 Å². The number of carbonyl (C=O) groups excluding carboxylic acids is 1. The second kappa shape index (κ2) is 9.11. The molecule has 6 heteroatoms.